The van der Waals surface area contributed by atoms with E-state index in [1.807, 2.05) is 0 Å². The van der Waals surface area contributed by atoms with E-state index in [9.17, 15) is 9.59 Å². The van der Waals surface area contributed by atoms with Crippen molar-refractivity contribution in [3.63, 3.8) is 0 Å². The van der Waals surface area contributed by atoms with Crippen molar-refractivity contribution in [2.24, 2.45) is 11.1 Å². The third-order valence-corrected chi connectivity index (χ3v) is 2.51. The van der Waals surface area contributed by atoms with Gasteiger partial charge in [-0.05, 0) is 24.8 Å². The Morgan fingerprint density at radius 2 is 1.88 bits per heavy atom. The van der Waals surface area contributed by atoms with Crippen LogP contribution in [0, 0.1) is 5.41 Å². The molecule has 0 aliphatic carbocycles. The van der Waals surface area contributed by atoms with Crippen LogP contribution in [0.5, 0.6) is 0 Å². The number of nitrogens with one attached hydrogen (secondary N) is 1. The minimum Gasteiger partial charge on any atom is -0.481 e. The van der Waals surface area contributed by atoms with Crippen molar-refractivity contribution in [2.75, 3.05) is 13.1 Å². The fourth-order valence-electron chi connectivity index (χ4n) is 1.36. The summed E-state index contributed by atoms with van der Waals surface area (Å²) in [5, 5.41) is 11.0. The third kappa shape index (κ3) is 8.23. The first-order valence-electron chi connectivity index (χ1n) is 5.56. The van der Waals surface area contributed by atoms with Crippen molar-refractivity contribution >= 4 is 11.9 Å². The van der Waals surface area contributed by atoms with E-state index < -0.39 is 5.97 Å². The molecule has 0 aromatic carbocycles. The van der Waals surface area contributed by atoms with E-state index in [-0.39, 0.29) is 24.3 Å². The molecule has 5 nitrogen and oxygen atoms in total. The summed E-state index contributed by atoms with van der Waals surface area (Å²) >= 11 is 0. The number of nitrogens with two attached hydrogens (primary N) is 1. The summed E-state index contributed by atoms with van der Waals surface area (Å²) < 4.78 is 0. The molecule has 0 atom stereocenters. The summed E-state index contributed by atoms with van der Waals surface area (Å²) in [5.41, 5.74) is 5.54. The second-order valence-electron chi connectivity index (χ2n) is 4.70. The molecule has 0 aliphatic heterocycles. The zero-order valence-corrected chi connectivity index (χ0v) is 10.1. The Hall–Kier alpha value is -1.10. The van der Waals surface area contributed by atoms with Crippen LogP contribution in [0.25, 0.3) is 0 Å². The molecule has 0 aromatic heterocycles. The minimum absolute atomic E-state index is 0.0298. The largest absolute Gasteiger partial charge is 0.481 e. The molecule has 0 aliphatic rings. The zero-order chi connectivity index (χ0) is 12.6. The van der Waals surface area contributed by atoms with Crippen molar-refractivity contribution in [3.05, 3.63) is 0 Å². The Morgan fingerprint density at radius 3 is 2.38 bits per heavy atom. The lowest BCUT2D eigenvalue weighted by Gasteiger charge is -2.23. The Kier molecular flexibility index (Phi) is 6.72. The van der Waals surface area contributed by atoms with Gasteiger partial charge in [-0.1, -0.05) is 13.8 Å². The standard InChI is InChI=1S/C11H22N2O3/c1-11(2,6-7-12)5-3-9(14)13-8-4-10(15)16/h3-8,12H2,1-2H3,(H,13,14)(H,15,16). The van der Waals surface area contributed by atoms with Gasteiger partial charge in [0.2, 0.25) is 5.91 Å². The second-order valence-corrected chi connectivity index (χ2v) is 4.70. The molecular formula is C11H22N2O3. The number of aliphatic carboxylic acids is 1. The molecule has 0 saturated carbocycles. The molecule has 0 aromatic rings. The first kappa shape index (κ1) is 14.9. The lowest BCUT2D eigenvalue weighted by Crippen LogP contribution is -2.27. The summed E-state index contributed by atoms with van der Waals surface area (Å²) in [5.74, 6) is -0.991. The van der Waals surface area contributed by atoms with Crippen LogP contribution in [0.2, 0.25) is 0 Å². The molecule has 0 rings (SSSR count). The molecule has 0 bridgehead atoms. The van der Waals surface area contributed by atoms with E-state index in [2.05, 4.69) is 19.2 Å². The number of carbonyl (C=O) groups excluding carboxylic acids is 1. The van der Waals surface area contributed by atoms with Crippen molar-refractivity contribution < 1.29 is 14.7 Å². The maximum atomic E-state index is 11.3. The van der Waals surface area contributed by atoms with Gasteiger partial charge in [0, 0.05) is 13.0 Å². The van der Waals surface area contributed by atoms with Crippen LogP contribution in [0.15, 0.2) is 0 Å². The monoisotopic (exact) mass is 230 g/mol. The Morgan fingerprint density at radius 1 is 1.25 bits per heavy atom. The fraction of sp³-hybridized carbons (Fsp3) is 0.818. The van der Waals surface area contributed by atoms with Gasteiger partial charge in [0.05, 0.1) is 6.42 Å². The Bertz CT molecular complexity index is 239. The highest BCUT2D eigenvalue weighted by Crippen LogP contribution is 2.25. The number of hydrogen-bond donors (Lipinski definition) is 3. The van der Waals surface area contributed by atoms with E-state index >= 15 is 0 Å². The number of hydrogen-bond acceptors (Lipinski definition) is 3. The number of carboxylic acid groups (broad SMARTS) is 1. The summed E-state index contributed by atoms with van der Waals surface area (Å²) in [6, 6.07) is 0. The van der Waals surface area contributed by atoms with Crippen molar-refractivity contribution in [1.29, 1.82) is 0 Å². The lowest BCUT2D eigenvalue weighted by atomic mass is 9.84. The molecule has 0 spiro atoms. The highest BCUT2D eigenvalue weighted by atomic mass is 16.4. The van der Waals surface area contributed by atoms with E-state index in [0.717, 1.165) is 12.8 Å². The van der Waals surface area contributed by atoms with Gasteiger partial charge in [-0.15, -0.1) is 0 Å². The topological polar surface area (TPSA) is 92.4 Å². The van der Waals surface area contributed by atoms with Gasteiger partial charge < -0.3 is 16.2 Å². The normalized spacial score (nSPS) is 11.2. The summed E-state index contributed by atoms with van der Waals surface area (Å²) in [7, 11) is 0. The second kappa shape index (κ2) is 7.22. The molecule has 0 unspecified atom stereocenters. The maximum Gasteiger partial charge on any atom is 0.305 e. The van der Waals surface area contributed by atoms with E-state index in [4.69, 9.17) is 10.8 Å². The summed E-state index contributed by atoms with van der Waals surface area (Å²) in [6.45, 7) is 4.97. The number of amides is 1. The maximum absolute atomic E-state index is 11.3. The first-order chi connectivity index (χ1) is 7.37. The molecule has 4 N–H and O–H groups in total. The molecule has 94 valence electrons. The average Bonchev–Trinajstić information content (AvgIpc) is 2.14. The Balaban J connectivity index is 3.68. The van der Waals surface area contributed by atoms with Crippen molar-refractivity contribution in [1.82, 2.24) is 5.32 Å². The van der Waals surface area contributed by atoms with Crippen LogP contribution in [0.3, 0.4) is 0 Å². The van der Waals surface area contributed by atoms with Crippen LogP contribution < -0.4 is 11.1 Å². The zero-order valence-electron chi connectivity index (χ0n) is 10.1. The van der Waals surface area contributed by atoms with E-state index in [1.54, 1.807) is 0 Å². The molecule has 0 heterocycles. The predicted octanol–water partition coefficient (Wildman–Crippen LogP) is 0.733. The minimum atomic E-state index is -0.899. The SMILES string of the molecule is CC(C)(CCN)CCC(=O)NCCC(=O)O. The summed E-state index contributed by atoms with van der Waals surface area (Å²) in [4.78, 5) is 21.6. The van der Waals surface area contributed by atoms with Crippen LogP contribution in [-0.4, -0.2) is 30.1 Å². The van der Waals surface area contributed by atoms with Crippen molar-refractivity contribution in [3.8, 4) is 0 Å². The fourth-order valence-corrected chi connectivity index (χ4v) is 1.36. The molecule has 5 heteroatoms. The quantitative estimate of drug-likeness (QED) is 0.573. The number of rotatable bonds is 8. The first-order valence-corrected chi connectivity index (χ1v) is 5.56. The van der Waals surface area contributed by atoms with Crippen LogP contribution in [0.4, 0.5) is 0 Å². The van der Waals surface area contributed by atoms with Gasteiger partial charge in [0.25, 0.3) is 0 Å². The number of carbonyl (C=O) groups is 2. The average molecular weight is 230 g/mol. The lowest BCUT2D eigenvalue weighted by molar-refractivity contribution is -0.136. The highest BCUT2D eigenvalue weighted by molar-refractivity contribution is 5.76. The predicted molar refractivity (Wildman–Crippen MR) is 61.9 cm³/mol. The Labute approximate surface area is 96.4 Å². The van der Waals surface area contributed by atoms with Gasteiger partial charge in [0.15, 0.2) is 0 Å². The van der Waals surface area contributed by atoms with Crippen LogP contribution in [-0.2, 0) is 9.59 Å². The molecule has 0 fully saturated rings. The smallest absolute Gasteiger partial charge is 0.305 e. The van der Waals surface area contributed by atoms with Gasteiger partial charge >= 0.3 is 5.97 Å². The molecule has 16 heavy (non-hydrogen) atoms. The highest BCUT2D eigenvalue weighted by Gasteiger charge is 2.18. The number of carboxylic acids is 1. The molecule has 0 radical (unpaired) electrons. The van der Waals surface area contributed by atoms with Crippen LogP contribution in [0.1, 0.15) is 39.5 Å². The van der Waals surface area contributed by atoms with Gasteiger partial charge in [-0.2, -0.15) is 0 Å². The van der Waals surface area contributed by atoms with Crippen molar-refractivity contribution in [2.45, 2.75) is 39.5 Å². The third-order valence-electron chi connectivity index (χ3n) is 2.51. The van der Waals surface area contributed by atoms with E-state index in [0.29, 0.717) is 13.0 Å². The van der Waals surface area contributed by atoms with Gasteiger partial charge in [0.1, 0.15) is 0 Å². The van der Waals surface area contributed by atoms with Gasteiger partial charge in [-0.25, -0.2) is 0 Å². The molecule has 0 saturated heterocycles. The van der Waals surface area contributed by atoms with Crippen LogP contribution >= 0.6 is 0 Å². The van der Waals surface area contributed by atoms with E-state index in [1.165, 1.54) is 0 Å². The molecule has 1 amide bonds. The molecular weight excluding hydrogens is 208 g/mol. The van der Waals surface area contributed by atoms with Gasteiger partial charge in [-0.3, -0.25) is 9.59 Å². The summed E-state index contributed by atoms with van der Waals surface area (Å²) in [6.07, 6.45) is 2.04.